The second-order valence-corrected chi connectivity index (χ2v) is 6.35. The number of ether oxygens (including phenoxy) is 1. The van der Waals surface area contributed by atoms with Crippen LogP contribution in [0.3, 0.4) is 0 Å². The summed E-state index contributed by atoms with van der Waals surface area (Å²) in [5.74, 6) is 1.71. The Morgan fingerprint density at radius 1 is 1.14 bits per heavy atom. The summed E-state index contributed by atoms with van der Waals surface area (Å²) in [4.78, 5) is 12.5. The highest BCUT2D eigenvalue weighted by Crippen LogP contribution is 2.25. The second kappa shape index (κ2) is 7.56. The van der Waals surface area contributed by atoms with Crippen LogP contribution in [0.5, 0.6) is 5.75 Å². The van der Waals surface area contributed by atoms with Crippen LogP contribution in [0.2, 0.25) is 0 Å². The van der Waals surface area contributed by atoms with E-state index in [1.54, 1.807) is 7.11 Å². The predicted octanol–water partition coefficient (Wildman–Crippen LogP) is 3.90. The highest BCUT2D eigenvalue weighted by atomic mass is 16.5. The molecule has 0 fully saturated rings. The van der Waals surface area contributed by atoms with Gasteiger partial charge in [-0.25, -0.2) is 0 Å². The van der Waals surface area contributed by atoms with E-state index in [2.05, 4.69) is 15.5 Å². The van der Waals surface area contributed by atoms with Crippen molar-refractivity contribution in [3.8, 4) is 17.2 Å². The van der Waals surface area contributed by atoms with Gasteiger partial charge in [0.25, 0.3) is 0 Å². The Morgan fingerprint density at radius 3 is 2.68 bits per heavy atom. The highest BCUT2D eigenvalue weighted by molar-refractivity contribution is 5.92. The minimum atomic E-state index is -0.112. The maximum Gasteiger partial charge on any atom is 0.247 e. The van der Waals surface area contributed by atoms with Gasteiger partial charge in [0.2, 0.25) is 17.7 Å². The zero-order chi connectivity index (χ0) is 19.5. The minimum absolute atomic E-state index is 0.112. The van der Waals surface area contributed by atoms with E-state index in [4.69, 9.17) is 9.15 Å². The molecule has 0 aliphatic rings. The van der Waals surface area contributed by atoms with Gasteiger partial charge in [0.1, 0.15) is 12.3 Å². The maximum atomic E-state index is 12.5. The molecule has 4 aromatic rings. The number of anilines is 1. The third-order valence-corrected chi connectivity index (χ3v) is 4.48. The molecule has 0 aliphatic heterocycles. The standard InChI is InChI=1S/C21H20N4O3/c1-3-20-23-24-21(28-20)15-5-4-14-10-11-25(18(14)12-15)13-19(26)22-16-6-8-17(27-2)9-7-16/h4-12H,3,13H2,1-2H3,(H,22,26). The smallest absolute Gasteiger partial charge is 0.247 e. The molecule has 1 N–H and O–H groups in total. The first-order valence-corrected chi connectivity index (χ1v) is 9.02. The van der Waals surface area contributed by atoms with Crippen LogP contribution >= 0.6 is 0 Å². The molecular formula is C21H20N4O3. The molecule has 2 heterocycles. The Balaban J connectivity index is 1.54. The summed E-state index contributed by atoms with van der Waals surface area (Å²) < 4.78 is 12.7. The molecule has 0 aliphatic carbocycles. The topological polar surface area (TPSA) is 82.2 Å². The average Bonchev–Trinajstić information content (AvgIpc) is 3.35. The van der Waals surface area contributed by atoms with Crippen molar-refractivity contribution in [1.29, 1.82) is 0 Å². The maximum absolute atomic E-state index is 12.5. The van der Waals surface area contributed by atoms with Crippen LogP contribution in [-0.2, 0) is 17.8 Å². The first-order chi connectivity index (χ1) is 13.7. The number of methoxy groups -OCH3 is 1. The van der Waals surface area contributed by atoms with Gasteiger partial charge in [-0.2, -0.15) is 0 Å². The quantitative estimate of drug-likeness (QED) is 0.552. The molecule has 7 heteroatoms. The number of carbonyl (C=O) groups excluding carboxylic acids is 1. The van der Waals surface area contributed by atoms with Gasteiger partial charge in [-0.1, -0.05) is 13.0 Å². The predicted molar refractivity (Wildman–Crippen MR) is 106 cm³/mol. The Labute approximate surface area is 161 Å². The summed E-state index contributed by atoms with van der Waals surface area (Å²) >= 11 is 0. The number of benzene rings is 2. The molecule has 0 radical (unpaired) electrons. The van der Waals surface area contributed by atoms with E-state index >= 15 is 0 Å². The third kappa shape index (κ3) is 3.59. The van der Waals surface area contributed by atoms with Crippen LogP contribution in [0.25, 0.3) is 22.4 Å². The normalized spacial score (nSPS) is 10.9. The number of nitrogens with one attached hydrogen (secondary N) is 1. The molecule has 7 nitrogen and oxygen atoms in total. The Hall–Kier alpha value is -3.61. The van der Waals surface area contributed by atoms with Crippen LogP contribution in [0, 0.1) is 0 Å². The number of rotatable bonds is 6. The number of aryl methyl sites for hydroxylation is 1. The summed E-state index contributed by atoms with van der Waals surface area (Å²) in [6, 6.07) is 15.1. The Morgan fingerprint density at radius 2 is 1.96 bits per heavy atom. The molecule has 0 spiro atoms. The van der Waals surface area contributed by atoms with Gasteiger partial charge in [-0.05, 0) is 47.9 Å². The fraction of sp³-hybridized carbons (Fsp3) is 0.190. The number of hydrogen-bond donors (Lipinski definition) is 1. The number of hydrogen-bond acceptors (Lipinski definition) is 5. The van der Waals surface area contributed by atoms with Gasteiger partial charge in [-0.15, -0.1) is 10.2 Å². The zero-order valence-corrected chi connectivity index (χ0v) is 15.7. The van der Waals surface area contributed by atoms with Crippen LogP contribution in [-0.4, -0.2) is 27.8 Å². The number of aromatic nitrogens is 3. The lowest BCUT2D eigenvalue weighted by molar-refractivity contribution is -0.116. The first-order valence-electron chi connectivity index (χ1n) is 9.02. The summed E-state index contributed by atoms with van der Waals surface area (Å²) in [6.07, 6.45) is 2.59. The summed E-state index contributed by atoms with van der Waals surface area (Å²) in [6.45, 7) is 2.16. The van der Waals surface area contributed by atoms with Crippen LogP contribution in [0.4, 0.5) is 5.69 Å². The van der Waals surface area contributed by atoms with Gasteiger partial charge in [0, 0.05) is 29.4 Å². The van der Waals surface area contributed by atoms with Crippen molar-refractivity contribution < 1.29 is 13.9 Å². The molecule has 0 saturated heterocycles. The van der Waals surface area contributed by atoms with Crippen molar-refractivity contribution in [2.45, 2.75) is 19.9 Å². The van der Waals surface area contributed by atoms with Crippen molar-refractivity contribution in [3.63, 3.8) is 0 Å². The molecule has 142 valence electrons. The zero-order valence-electron chi connectivity index (χ0n) is 15.7. The molecule has 0 bridgehead atoms. The largest absolute Gasteiger partial charge is 0.497 e. The van der Waals surface area contributed by atoms with Gasteiger partial charge in [-0.3, -0.25) is 4.79 Å². The fourth-order valence-corrected chi connectivity index (χ4v) is 3.00. The first kappa shape index (κ1) is 17.8. The SMILES string of the molecule is CCc1nnc(-c2ccc3ccn(CC(=O)Nc4ccc(OC)cc4)c3c2)o1. The van der Waals surface area contributed by atoms with Crippen molar-refractivity contribution in [2.24, 2.45) is 0 Å². The molecule has 2 aromatic heterocycles. The van der Waals surface area contributed by atoms with Gasteiger partial charge in [0.15, 0.2) is 0 Å². The van der Waals surface area contributed by atoms with Crippen LogP contribution in [0.1, 0.15) is 12.8 Å². The van der Waals surface area contributed by atoms with Crippen molar-refractivity contribution in [3.05, 3.63) is 60.6 Å². The lowest BCUT2D eigenvalue weighted by Crippen LogP contribution is -2.18. The van der Waals surface area contributed by atoms with Gasteiger partial charge >= 0.3 is 0 Å². The van der Waals surface area contributed by atoms with E-state index in [1.807, 2.05) is 66.2 Å². The van der Waals surface area contributed by atoms with E-state index < -0.39 is 0 Å². The summed E-state index contributed by atoms with van der Waals surface area (Å²) in [5.41, 5.74) is 2.48. The number of carbonyl (C=O) groups is 1. The number of nitrogens with zero attached hydrogens (tertiary/aromatic N) is 3. The summed E-state index contributed by atoms with van der Waals surface area (Å²) in [7, 11) is 1.61. The highest BCUT2D eigenvalue weighted by Gasteiger charge is 2.11. The van der Waals surface area contributed by atoms with Crippen LogP contribution in [0.15, 0.2) is 59.1 Å². The molecule has 0 saturated carbocycles. The molecule has 1 amide bonds. The third-order valence-electron chi connectivity index (χ3n) is 4.48. The molecule has 2 aromatic carbocycles. The van der Waals surface area contributed by atoms with E-state index in [-0.39, 0.29) is 12.5 Å². The molecule has 4 rings (SSSR count). The Bertz CT molecular complexity index is 1110. The summed E-state index contributed by atoms with van der Waals surface area (Å²) in [5, 5.41) is 12.0. The van der Waals surface area contributed by atoms with E-state index in [9.17, 15) is 4.79 Å². The molecule has 0 atom stereocenters. The number of fused-ring (bicyclic) bond motifs is 1. The van der Waals surface area contributed by atoms with E-state index in [0.717, 1.165) is 27.9 Å². The average molecular weight is 376 g/mol. The van der Waals surface area contributed by atoms with Crippen molar-refractivity contribution in [2.75, 3.05) is 12.4 Å². The lowest BCUT2D eigenvalue weighted by Gasteiger charge is -2.08. The van der Waals surface area contributed by atoms with E-state index in [0.29, 0.717) is 18.2 Å². The van der Waals surface area contributed by atoms with Crippen molar-refractivity contribution in [1.82, 2.24) is 14.8 Å². The van der Waals surface area contributed by atoms with Crippen LogP contribution < -0.4 is 10.1 Å². The Kier molecular flexibility index (Phi) is 4.80. The molecular weight excluding hydrogens is 356 g/mol. The lowest BCUT2D eigenvalue weighted by atomic mass is 10.1. The number of amides is 1. The van der Waals surface area contributed by atoms with Gasteiger partial charge < -0.3 is 19.0 Å². The second-order valence-electron chi connectivity index (χ2n) is 6.35. The monoisotopic (exact) mass is 376 g/mol. The van der Waals surface area contributed by atoms with E-state index in [1.165, 1.54) is 0 Å². The van der Waals surface area contributed by atoms with Crippen molar-refractivity contribution >= 4 is 22.5 Å². The fourth-order valence-electron chi connectivity index (χ4n) is 3.00. The minimum Gasteiger partial charge on any atom is -0.497 e. The molecule has 0 unspecified atom stereocenters. The van der Waals surface area contributed by atoms with Gasteiger partial charge in [0.05, 0.1) is 7.11 Å². The molecule has 28 heavy (non-hydrogen) atoms.